The predicted molar refractivity (Wildman–Crippen MR) is 81.5 cm³/mol. The lowest BCUT2D eigenvalue weighted by molar-refractivity contribution is 0.309. The predicted octanol–water partition coefficient (Wildman–Crippen LogP) is 3.18. The SMILES string of the molecule is CCCOc1cc(C)c(Cl)cc1S(=O)(=O)n1ccc(C)n1. The average Bonchev–Trinajstić information content (AvgIpc) is 2.87. The van der Waals surface area contributed by atoms with E-state index in [0.29, 0.717) is 23.1 Å². The topological polar surface area (TPSA) is 61.2 Å². The maximum Gasteiger partial charge on any atom is 0.286 e. The molecule has 0 unspecified atom stereocenters. The van der Waals surface area contributed by atoms with Crippen LogP contribution in [0.25, 0.3) is 0 Å². The molecular weight excluding hydrogens is 312 g/mol. The summed E-state index contributed by atoms with van der Waals surface area (Å²) in [5, 5.41) is 4.34. The number of ether oxygens (including phenoxy) is 1. The van der Waals surface area contributed by atoms with Crippen molar-refractivity contribution in [2.75, 3.05) is 6.61 Å². The van der Waals surface area contributed by atoms with Crippen LogP contribution in [0.2, 0.25) is 5.02 Å². The van der Waals surface area contributed by atoms with E-state index < -0.39 is 10.0 Å². The molecule has 114 valence electrons. The van der Waals surface area contributed by atoms with Gasteiger partial charge in [-0.05, 0) is 44.0 Å². The molecule has 0 saturated heterocycles. The summed E-state index contributed by atoms with van der Waals surface area (Å²) in [4.78, 5) is 0.0228. The number of aryl methyl sites for hydroxylation is 2. The number of aromatic nitrogens is 2. The van der Waals surface area contributed by atoms with E-state index in [1.165, 1.54) is 12.3 Å². The molecule has 0 spiro atoms. The lowest BCUT2D eigenvalue weighted by Gasteiger charge is -2.13. The fourth-order valence-corrected chi connectivity index (χ4v) is 3.32. The Bertz CT molecular complexity index is 754. The van der Waals surface area contributed by atoms with Crippen molar-refractivity contribution >= 4 is 21.6 Å². The minimum Gasteiger partial charge on any atom is -0.492 e. The summed E-state index contributed by atoms with van der Waals surface area (Å²) in [6.07, 6.45) is 2.18. The molecule has 1 heterocycles. The van der Waals surface area contributed by atoms with Crippen LogP contribution in [0.5, 0.6) is 5.75 Å². The first-order chi connectivity index (χ1) is 9.86. The van der Waals surface area contributed by atoms with E-state index in [1.54, 1.807) is 26.0 Å². The highest BCUT2D eigenvalue weighted by Crippen LogP contribution is 2.31. The van der Waals surface area contributed by atoms with Gasteiger partial charge in [0.15, 0.2) is 0 Å². The number of benzene rings is 1. The maximum absolute atomic E-state index is 12.7. The van der Waals surface area contributed by atoms with Crippen molar-refractivity contribution in [2.24, 2.45) is 0 Å². The van der Waals surface area contributed by atoms with Gasteiger partial charge >= 0.3 is 0 Å². The Balaban J connectivity index is 2.58. The van der Waals surface area contributed by atoms with Crippen molar-refractivity contribution in [3.8, 4) is 5.75 Å². The van der Waals surface area contributed by atoms with Crippen molar-refractivity contribution in [1.82, 2.24) is 9.19 Å². The van der Waals surface area contributed by atoms with Crippen LogP contribution in [-0.4, -0.2) is 24.2 Å². The number of hydrogen-bond acceptors (Lipinski definition) is 4. The van der Waals surface area contributed by atoms with Crippen LogP contribution in [0.4, 0.5) is 0 Å². The Labute approximate surface area is 129 Å². The monoisotopic (exact) mass is 328 g/mol. The number of hydrogen-bond donors (Lipinski definition) is 0. The Hall–Kier alpha value is -1.53. The van der Waals surface area contributed by atoms with Gasteiger partial charge < -0.3 is 4.74 Å². The smallest absolute Gasteiger partial charge is 0.286 e. The van der Waals surface area contributed by atoms with Gasteiger partial charge in [-0.25, -0.2) is 0 Å². The third-order valence-corrected chi connectivity index (χ3v) is 4.89. The van der Waals surface area contributed by atoms with Crippen molar-refractivity contribution in [3.05, 3.63) is 40.7 Å². The second-order valence-electron chi connectivity index (χ2n) is 4.73. The highest BCUT2D eigenvalue weighted by Gasteiger charge is 2.24. The van der Waals surface area contributed by atoms with Gasteiger partial charge in [0.1, 0.15) is 10.6 Å². The van der Waals surface area contributed by atoms with Crippen LogP contribution in [-0.2, 0) is 10.0 Å². The molecule has 0 saturated carbocycles. The van der Waals surface area contributed by atoms with E-state index in [1.807, 2.05) is 6.92 Å². The molecule has 0 aliphatic carbocycles. The Kier molecular flexibility index (Phi) is 4.58. The normalized spacial score (nSPS) is 11.6. The highest BCUT2D eigenvalue weighted by atomic mass is 35.5. The van der Waals surface area contributed by atoms with E-state index in [0.717, 1.165) is 16.1 Å². The summed E-state index contributed by atoms with van der Waals surface area (Å²) in [7, 11) is -3.82. The molecule has 0 amide bonds. The van der Waals surface area contributed by atoms with Crippen molar-refractivity contribution < 1.29 is 13.2 Å². The molecular formula is C14H17ClN2O3S. The largest absolute Gasteiger partial charge is 0.492 e. The van der Waals surface area contributed by atoms with Gasteiger partial charge in [0.05, 0.1) is 12.3 Å². The minimum atomic E-state index is -3.82. The van der Waals surface area contributed by atoms with Gasteiger partial charge in [-0.1, -0.05) is 18.5 Å². The van der Waals surface area contributed by atoms with E-state index >= 15 is 0 Å². The van der Waals surface area contributed by atoms with Crippen LogP contribution < -0.4 is 4.74 Å². The summed E-state index contributed by atoms with van der Waals surface area (Å²) in [6.45, 7) is 5.91. The molecule has 5 nitrogen and oxygen atoms in total. The maximum atomic E-state index is 12.7. The standard InChI is InChI=1S/C14H17ClN2O3S/c1-4-7-20-13-8-10(2)12(15)9-14(13)21(18,19)17-6-5-11(3)16-17/h5-6,8-9H,4,7H2,1-3H3. The van der Waals surface area contributed by atoms with Gasteiger partial charge in [0.2, 0.25) is 0 Å². The molecule has 0 atom stereocenters. The zero-order valence-electron chi connectivity index (χ0n) is 12.1. The van der Waals surface area contributed by atoms with E-state index in [-0.39, 0.29) is 4.90 Å². The second-order valence-corrected chi connectivity index (χ2v) is 6.90. The lowest BCUT2D eigenvalue weighted by atomic mass is 10.2. The Morgan fingerprint density at radius 2 is 2.05 bits per heavy atom. The van der Waals surface area contributed by atoms with Crippen LogP contribution in [0.3, 0.4) is 0 Å². The summed E-state index contributed by atoms with van der Waals surface area (Å²) in [5.41, 5.74) is 1.38. The first-order valence-corrected chi connectivity index (χ1v) is 8.39. The zero-order valence-corrected chi connectivity index (χ0v) is 13.7. The molecule has 7 heteroatoms. The number of nitrogens with zero attached hydrogens (tertiary/aromatic N) is 2. The lowest BCUT2D eigenvalue weighted by Crippen LogP contribution is -2.15. The molecule has 1 aromatic carbocycles. The summed E-state index contributed by atoms with van der Waals surface area (Å²) < 4.78 is 31.8. The fraction of sp³-hybridized carbons (Fsp3) is 0.357. The van der Waals surface area contributed by atoms with Crippen molar-refractivity contribution in [2.45, 2.75) is 32.1 Å². The Morgan fingerprint density at radius 1 is 1.33 bits per heavy atom. The van der Waals surface area contributed by atoms with Crippen molar-refractivity contribution in [3.63, 3.8) is 0 Å². The van der Waals surface area contributed by atoms with Gasteiger partial charge in [0.25, 0.3) is 10.0 Å². The second kappa shape index (κ2) is 6.07. The molecule has 2 rings (SSSR count). The molecule has 0 fully saturated rings. The Morgan fingerprint density at radius 3 is 2.62 bits per heavy atom. The van der Waals surface area contributed by atoms with Crippen LogP contribution >= 0.6 is 11.6 Å². The average molecular weight is 329 g/mol. The van der Waals surface area contributed by atoms with Gasteiger partial charge in [-0.3, -0.25) is 0 Å². The fourth-order valence-electron chi connectivity index (χ4n) is 1.79. The van der Waals surface area contributed by atoms with Crippen LogP contribution in [0, 0.1) is 13.8 Å². The van der Waals surface area contributed by atoms with Gasteiger partial charge in [-0.2, -0.15) is 17.6 Å². The molecule has 0 aliphatic heterocycles. The summed E-state index contributed by atoms with van der Waals surface area (Å²) in [5.74, 6) is 0.298. The molecule has 0 aliphatic rings. The van der Waals surface area contributed by atoms with Crippen LogP contribution in [0.15, 0.2) is 29.3 Å². The van der Waals surface area contributed by atoms with E-state index in [4.69, 9.17) is 16.3 Å². The summed E-state index contributed by atoms with van der Waals surface area (Å²) in [6, 6.07) is 4.68. The quantitative estimate of drug-likeness (QED) is 0.845. The molecule has 0 radical (unpaired) electrons. The third kappa shape index (κ3) is 3.22. The third-order valence-electron chi connectivity index (χ3n) is 2.91. The van der Waals surface area contributed by atoms with E-state index in [2.05, 4.69) is 5.10 Å². The molecule has 0 bridgehead atoms. The molecule has 2 aromatic rings. The first kappa shape index (κ1) is 15.9. The van der Waals surface area contributed by atoms with Crippen LogP contribution in [0.1, 0.15) is 24.6 Å². The first-order valence-electron chi connectivity index (χ1n) is 6.57. The molecule has 21 heavy (non-hydrogen) atoms. The summed E-state index contributed by atoms with van der Waals surface area (Å²) >= 11 is 6.07. The number of halogens is 1. The minimum absolute atomic E-state index is 0.0228. The number of rotatable bonds is 5. The molecule has 0 N–H and O–H groups in total. The van der Waals surface area contributed by atoms with Gasteiger partial charge in [0, 0.05) is 11.2 Å². The zero-order chi connectivity index (χ0) is 15.6. The van der Waals surface area contributed by atoms with Gasteiger partial charge in [-0.15, -0.1) is 0 Å². The van der Waals surface area contributed by atoms with E-state index in [9.17, 15) is 8.42 Å². The molecule has 1 aromatic heterocycles. The van der Waals surface area contributed by atoms with Crippen molar-refractivity contribution in [1.29, 1.82) is 0 Å². The highest BCUT2D eigenvalue weighted by molar-refractivity contribution is 7.90.